The molecule has 1 aliphatic heterocycles. The quantitative estimate of drug-likeness (QED) is 0.855. The van der Waals surface area contributed by atoms with Gasteiger partial charge in [-0.15, -0.1) is 0 Å². The van der Waals surface area contributed by atoms with Crippen LogP contribution in [-0.2, 0) is 4.79 Å². The van der Waals surface area contributed by atoms with Crippen molar-refractivity contribution in [2.24, 2.45) is 5.92 Å². The number of hydrogen-bond donors (Lipinski definition) is 0. The molecule has 0 saturated carbocycles. The number of fused-ring (bicyclic) bond motifs is 1. The van der Waals surface area contributed by atoms with Crippen molar-refractivity contribution < 1.29 is 9.59 Å². The number of aromatic nitrogens is 1. The molecule has 22 heavy (non-hydrogen) atoms. The number of carbonyl (C=O) groups is 2. The van der Waals surface area contributed by atoms with Crippen LogP contribution in [0.4, 0.5) is 0 Å². The first-order chi connectivity index (χ1) is 10.6. The highest BCUT2D eigenvalue weighted by Gasteiger charge is 2.32. The molecule has 2 aromatic rings. The van der Waals surface area contributed by atoms with E-state index in [-0.39, 0.29) is 23.7 Å². The molecule has 114 valence electrons. The SMILES string of the molecule is CC(=O)C1CC[C@H](C)N(C(=O)c2nccc3ccccc23)C1. The van der Waals surface area contributed by atoms with E-state index in [0.29, 0.717) is 12.2 Å². The summed E-state index contributed by atoms with van der Waals surface area (Å²) in [5.74, 6) is 0.0426. The molecule has 1 aromatic carbocycles. The van der Waals surface area contributed by atoms with Crippen molar-refractivity contribution in [1.29, 1.82) is 0 Å². The van der Waals surface area contributed by atoms with Crippen molar-refractivity contribution in [2.45, 2.75) is 32.7 Å². The smallest absolute Gasteiger partial charge is 0.273 e. The number of carbonyl (C=O) groups excluding carboxylic acids is 2. The van der Waals surface area contributed by atoms with Gasteiger partial charge in [-0.1, -0.05) is 24.3 Å². The number of hydrogen-bond acceptors (Lipinski definition) is 3. The van der Waals surface area contributed by atoms with Crippen LogP contribution in [0.15, 0.2) is 36.5 Å². The second-order valence-electron chi connectivity index (χ2n) is 6.07. The maximum atomic E-state index is 12.9. The third-order valence-electron chi connectivity index (χ3n) is 4.59. The van der Waals surface area contributed by atoms with Crippen molar-refractivity contribution >= 4 is 22.5 Å². The van der Waals surface area contributed by atoms with Gasteiger partial charge in [0.2, 0.25) is 0 Å². The van der Waals surface area contributed by atoms with Gasteiger partial charge in [0.1, 0.15) is 11.5 Å². The highest BCUT2D eigenvalue weighted by atomic mass is 16.2. The maximum absolute atomic E-state index is 12.9. The van der Waals surface area contributed by atoms with Crippen molar-refractivity contribution in [3.63, 3.8) is 0 Å². The average molecular weight is 296 g/mol. The van der Waals surface area contributed by atoms with Gasteiger partial charge in [-0.2, -0.15) is 0 Å². The highest BCUT2D eigenvalue weighted by Crippen LogP contribution is 2.26. The molecular formula is C18H20N2O2. The van der Waals surface area contributed by atoms with Crippen LogP contribution in [0.5, 0.6) is 0 Å². The van der Waals surface area contributed by atoms with Gasteiger partial charge in [-0.25, -0.2) is 0 Å². The Balaban J connectivity index is 1.96. The third-order valence-corrected chi connectivity index (χ3v) is 4.59. The minimum absolute atomic E-state index is 0.0462. The van der Waals surface area contributed by atoms with E-state index in [1.165, 1.54) is 0 Å². The number of pyridine rings is 1. The first-order valence-electron chi connectivity index (χ1n) is 7.73. The Morgan fingerprint density at radius 3 is 2.73 bits per heavy atom. The van der Waals surface area contributed by atoms with E-state index in [1.807, 2.05) is 42.2 Å². The van der Waals surface area contributed by atoms with Gasteiger partial charge in [0.05, 0.1) is 0 Å². The summed E-state index contributed by atoms with van der Waals surface area (Å²) in [6, 6.07) is 9.82. The highest BCUT2D eigenvalue weighted by molar-refractivity contribution is 6.05. The molecule has 0 bridgehead atoms. The largest absolute Gasteiger partial charge is 0.334 e. The Morgan fingerprint density at radius 2 is 1.95 bits per heavy atom. The molecule has 2 heterocycles. The van der Waals surface area contributed by atoms with E-state index in [0.717, 1.165) is 23.6 Å². The zero-order valence-corrected chi connectivity index (χ0v) is 13.0. The number of likely N-dealkylation sites (tertiary alicyclic amines) is 1. The maximum Gasteiger partial charge on any atom is 0.273 e. The third kappa shape index (κ3) is 2.61. The van der Waals surface area contributed by atoms with Crippen LogP contribution >= 0.6 is 0 Å². The summed E-state index contributed by atoms with van der Waals surface area (Å²) in [6.07, 6.45) is 3.40. The zero-order valence-electron chi connectivity index (χ0n) is 13.0. The molecule has 4 nitrogen and oxygen atoms in total. The van der Waals surface area contributed by atoms with E-state index in [9.17, 15) is 9.59 Å². The second kappa shape index (κ2) is 5.87. The van der Waals surface area contributed by atoms with Crippen LogP contribution in [0.25, 0.3) is 10.8 Å². The molecule has 4 heteroatoms. The Bertz CT molecular complexity index is 721. The molecule has 0 radical (unpaired) electrons. The van der Waals surface area contributed by atoms with Crippen LogP contribution in [0, 0.1) is 5.92 Å². The molecule has 2 atom stereocenters. The first kappa shape index (κ1) is 14.7. The Morgan fingerprint density at radius 1 is 1.18 bits per heavy atom. The molecule has 1 amide bonds. The van der Waals surface area contributed by atoms with Gasteiger partial charge in [0.25, 0.3) is 5.91 Å². The number of ketones is 1. The summed E-state index contributed by atoms with van der Waals surface area (Å²) < 4.78 is 0. The summed E-state index contributed by atoms with van der Waals surface area (Å²) in [6.45, 7) is 4.15. The first-order valence-corrected chi connectivity index (χ1v) is 7.73. The van der Waals surface area contributed by atoms with E-state index in [4.69, 9.17) is 0 Å². The lowest BCUT2D eigenvalue weighted by molar-refractivity contribution is -0.122. The summed E-state index contributed by atoms with van der Waals surface area (Å²) in [5.41, 5.74) is 0.481. The number of Topliss-reactive ketones (excluding diaryl/α,β-unsaturated/α-hetero) is 1. The topological polar surface area (TPSA) is 50.3 Å². The molecule has 0 spiro atoms. The summed E-state index contributed by atoms with van der Waals surface area (Å²) in [5, 5.41) is 1.88. The van der Waals surface area contributed by atoms with Gasteiger partial charge in [-0.05, 0) is 38.1 Å². The number of rotatable bonds is 2. The Kier molecular flexibility index (Phi) is 3.92. The van der Waals surface area contributed by atoms with Crippen LogP contribution in [0.3, 0.4) is 0 Å². The fraction of sp³-hybridized carbons (Fsp3) is 0.389. The summed E-state index contributed by atoms with van der Waals surface area (Å²) in [7, 11) is 0. The normalized spacial score (nSPS) is 21.8. The fourth-order valence-electron chi connectivity index (χ4n) is 3.15. The lowest BCUT2D eigenvalue weighted by Crippen LogP contribution is -2.47. The molecule has 1 saturated heterocycles. The van der Waals surface area contributed by atoms with Gasteiger partial charge in [0, 0.05) is 30.1 Å². The molecule has 0 aliphatic carbocycles. The van der Waals surface area contributed by atoms with Gasteiger partial charge in [0.15, 0.2) is 0 Å². The average Bonchev–Trinajstić information content (AvgIpc) is 2.54. The molecule has 1 aliphatic rings. The number of nitrogens with zero attached hydrogens (tertiary/aromatic N) is 2. The van der Waals surface area contributed by atoms with Crippen molar-refractivity contribution in [3.8, 4) is 0 Å². The molecule has 1 aromatic heterocycles. The Hall–Kier alpha value is -2.23. The molecular weight excluding hydrogens is 276 g/mol. The minimum Gasteiger partial charge on any atom is -0.334 e. The number of amides is 1. The Labute approximate surface area is 130 Å². The number of piperidine rings is 1. The standard InChI is InChI=1S/C18H20N2O2/c1-12-7-8-15(13(2)21)11-20(12)18(22)17-16-6-4-3-5-14(16)9-10-19-17/h3-6,9-10,12,15H,7-8,11H2,1-2H3/t12-,15?/m0/s1. The van der Waals surface area contributed by atoms with Gasteiger partial charge in [-0.3, -0.25) is 14.6 Å². The van der Waals surface area contributed by atoms with Crippen LogP contribution in [0.1, 0.15) is 37.2 Å². The van der Waals surface area contributed by atoms with Crippen LogP contribution < -0.4 is 0 Å². The fourth-order valence-corrected chi connectivity index (χ4v) is 3.15. The van der Waals surface area contributed by atoms with Crippen molar-refractivity contribution in [3.05, 3.63) is 42.2 Å². The van der Waals surface area contributed by atoms with Gasteiger partial charge < -0.3 is 4.90 Å². The lowest BCUT2D eigenvalue weighted by atomic mass is 9.90. The van der Waals surface area contributed by atoms with Crippen LogP contribution in [0.2, 0.25) is 0 Å². The van der Waals surface area contributed by atoms with Crippen molar-refractivity contribution in [2.75, 3.05) is 6.54 Å². The summed E-state index contributed by atoms with van der Waals surface area (Å²) >= 11 is 0. The molecule has 1 fully saturated rings. The lowest BCUT2D eigenvalue weighted by Gasteiger charge is -2.37. The van der Waals surface area contributed by atoms with Crippen LogP contribution in [-0.4, -0.2) is 34.2 Å². The monoisotopic (exact) mass is 296 g/mol. The number of benzene rings is 1. The molecule has 1 unspecified atom stereocenters. The zero-order chi connectivity index (χ0) is 15.7. The van der Waals surface area contributed by atoms with E-state index >= 15 is 0 Å². The molecule has 0 N–H and O–H groups in total. The van der Waals surface area contributed by atoms with E-state index in [2.05, 4.69) is 4.98 Å². The molecule has 3 rings (SSSR count). The summed E-state index contributed by atoms with van der Waals surface area (Å²) in [4.78, 5) is 30.7. The predicted octanol–water partition coefficient (Wildman–Crippen LogP) is 3.06. The predicted molar refractivity (Wildman–Crippen MR) is 85.6 cm³/mol. The van der Waals surface area contributed by atoms with Gasteiger partial charge >= 0.3 is 0 Å². The second-order valence-corrected chi connectivity index (χ2v) is 6.07. The van der Waals surface area contributed by atoms with E-state index in [1.54, 1.807) is 13.1 Å². The van der Waals surface area contributed by atoms with Crippen molar-refractivity contribution in [1.82, 2.24) is 9.88 Å². The van der Waals surface area contributed by atoms with E-state index < -0.39 is 0 Å². The minimum atomic E-state index is -0.0738.